The number of hydrogen-bond acceptors (Lipinski definition) is 3. The van der Waals surface area contributed by atoms with Gasteiger partial charge in [0.05, 0.1) is 0 Å². The van der Waals surface area contributed by atoms with E-state index in [0.29, 0.717) is 18.7 Å². The normalized spacial score (nSPS) is 10.2. The SMILES string of the molecule is CC(=O)Nc1ccc(NC(=O)CCNCCc2ccccc2)cc1. The Morgan fingerprint density at radius 1 is 0.833 bits per heavy atom. The highest BCUT2D eigenvalue weighted by Gasteiger charge is 2.02. The molecule has 0 saturated heterocycles. The highest BCUT2D eigenvalue weighted by molar-refractivity contribution is 5.92. The van der Waals surface area contributed by atoms with Crippen molar-refractivity contribution in [1.29, 1.82) is 0 Å². The van der Waals surface area contributed by atoms with Gasteiger partial charge < -0.3 is 16.0 Å². The van der Waals surface area contributed by atoms with E-state index in [1.54, 1.807) is 24.3 Å². The number of rotatable bonds is 8. The molecular weight excluding hydrogens is 302 g/mol. The maximum absolute atomic E-state index is 11.9. The molecule has 0 radical (unpaired) electrons. The molecule has 0 unspecified atom stereocenters. The highest BCUT2D eigenvalue weighted by atomic mass is 16.2. The van der Waals surface area contributed by atoms with Gasteiger partial charge in [-0.2, -0.15) is 0 Å². The van der Waals surface area contributed by atoms with Crippen LogP contribution in [-0.4, -0.2) is 24.9 Å². The summed E-state index contributed by atoms with van der Waals surface area (Å²) in [5, 5.41) is 8.80. The van der Waals surface area contributed by atoms with Crippen molar-refractivity contribution in [3.63, 3.8) is 0 Å². The molecule has 2 aromatic rings. The maximum Gasteiger partial charge on any atom is 0.225 e. The number of amides is 2. The summed E-state index contributed by atoms with van der Waals surface area (Å²) in [5.41, 5.74) is 2.72. The summed E-state index contributed by atoms with van der Waals surface area (Å²) in [6.07, 6.45) is 1.37. The fourth-order valence-corrected chi connectivity index (χ4v) is 2.27. The quantitative estimate of drug-likeness (QED) is 0.654. The lowest BCUT2D eigenvalue weighted by molar-refractivity contribution is -0.116. The molecule has 0 bridgehead atoms. The minimum absolute atomic E-state index is 0.0329. The lowest BCUT2D eigenvalue weighted by Crippen LogP contribution is -2.23. The van der Waals surface area contributed by atoms with Gasteiger partial charge in [-0.15, -0.1) is 0 Å². The minimum atomic E-state index is -0.117. The van der Waals surface area contributed by atoms with E-state index in [2.05, 4.69) is 28.1 Å². The van der Waals surface area contributed by atoms with Crippen molar-refractivity contribution in [2.45, 2.75) is 19.8 Å². The summed E-state index contributed by atoms with van der Waals surface area (Å²) in [5.74, 6) is -0.150. The first-order valence-corrected chi connectivity index (χ1v) is 8.05. The lowest BCUT2D eigenvalue weighted by Gasteiger charge is -2.08. The van der Waals surface area contributed by atoms with Crippen LogP contribution in [0.3, 0.4) is 0 Å². The van der Waals surface area contributed by atoms with E-state index in [0.717, 1.165) is 18.7 Å². The van der Waals surface area contributed by atoms with E-state index in [9.17, 15) is 9.59 Å². The lowest BCUT2D eigenvalue weighted by atomic mass is 10.1. The number of anilines is 2. The summed E-state index contributed by atoms with van der Waals surface area (Å²) in [6.45, 7) is 2.95. The zero-order valence-electron chi connectivity index (χ0n) is 13.8. The van der Waals surface area contributed by atoms with Crippen molar-refractivity contribution in [2.75, 3.05) is 23.7 Å². The Hall–Kier alpha value is -2.66. The van der Waals surface area contributed by atoms with Crippen molar-refractivity contribution in [2.24, 2.45) is 0 Å². The molecule has 0 aliphatic carbocycles. The highest BCUT2D eigenvalue weighted by Crippen LogP contribution is 2.13. The van der Waals surface area contributed by atoms with Crippen LogP contribution >= 0.6 is 0 Å². The molecule has 2 aromatic carbocycles. The van der Waals surface area contributed by atoms with Gasteiger partial charge in [-0.3, -0.25) is 9.59 Å². The Labute approximate surface area is 142 Å². The van der Waals surface area contributed by atoms with Crippen LogP contribution in [0.1, 0.15) is 18.9 Å². The first kappa shape index (κ1) is 17.7. The Bertz CT molecular complexity index is 654. The van der Waals surface area contributed by atoms with Gasteiger partial charge in [0.2, 0.25) is 11.8 Å². The van der Waals surface area contributed by atoms with E-state index >= 15 is 0 Å². The zero-order chi connectivity index (χ0) is 17.2. The number of hydrogen-bond donors (Lipinski definition) is 3. The molecule has 0 spiro atoms. The fraction of sp³-hybridized carbons (Fsp3) is 0.263. The maximum atomic E-state index is 11.9. The molecule has 0 saturated carbocycles. The second-order valence-electron chi connectivity index (χ2n) is 5.54. The standard InChI is InChI=1S/C19H23N3O2/c1-15(23)21-17-7-9-18(10-8-17)22-19(24)12-14-20-13-11-16-5-3-2-4-6-16/h2-10,20H,11-14H2,1H3,(H,21,23)(H,22,24). The molecule has 5 heteroatoms. The summed E-state index contributed by atoms with van der Waals surface area (Å²) in [4.78, 5) is 22.8. The topological polar surface area (TPSA) is 70.2 Å². The molecule has 0 atom stereocenters. The van der Waals surface area contributed by atoms with Crippen molar-refractivity contribution in [3.8, 4) is 0 Å². The van der Waals surface area contributed by atoms with Gasteiger partial charge in [0, 0.05) is 31.3 Å². The Balaban J connectivity index is 1.63. The third kappa shape index (κ3) is 6.62. The monoisotopic (exact) mass is 325 g/mol. The molecule has 3 N–H and O–H groups in total. The van der Waals surface area contributed by atoms with Crippen LogP contribution in [0.2, 0.25) is 0 Å². The third-order valence-corrected chi connectivity index (χ3v) is 3.45. The van der Waals surface area contributed by atoms with Gasteiger partial charge in [-0.1, -0.05) is 30.3 Å². The molecule has 126 valence electrons. The van der Waals surface area contributed by atoms with Crippen molar-refractivity contribution in [3.05, 3.63) is 60.2 Å². The molecule has 0 aromatic heterocycles. The first-order valence-electron chi connectivity index (χ1n) is 8.05. The van der Waals surface area contributed by atoms with Crippen LogP contribution in [0.15, 0.2) is 54.6 Å². The summed E-state index contributed by atoms with van der Waals surface area (Å²) in [6, 6.07) is 17.3. The molecule has 5 nitrogen and oxygen atoms in total. The van der Waals surface area contributed by atoms with E-state index in [1.165, 1.54) is 12.5 Å². The molecule has 0 fully saturated rings. The average molecular weight is 325 g/mol. The van der Waals surface area contributed by atoms with E-state index in [-0.39, 0.29) is 11.8 Å². The molecular formula is C19H23N3O2. The Kier molecular flexibility index (Phi) is 6.98. The van der Waals surface area contributed by atoms with Gasteiger partial charge in [0.1, 0.15) is 0 Å². The summed E-state index contributed by atoms with van der Waals surface area (Å²) < 4.78 is 0. The molecule has 0 heterocycles. The van der Waals surface area contributed by atoms with Gasteiger partial charge in [0.15, 0.2) is 0 Å². The van der Waals surface area contributed by atoms with Gasteiger partial charge in [-0.25, -0.2) is 0 Å². The van der Waals surface area contributed by atoms with Crippen LogP contribution in [0.5, 0.6) is 0 Å². The largest absolute Gasteiger partial charge is 0.326 e. The summed E-state index contributed by atoms with van der Waals surface area (Å²) in [7, 11) is 0. The van der Waals surface area contributed by atoms with Crippen molar-refractivity contribution in [1.82, 2.24) is 5.32 Å². The zero-order valence-corrected chi connectivity index (χ0v) is 13.8. The van der Waals surface area contributed by atoms with E-state index < -0.39 is 0 Å². The first-order chi connectivity index (χ1) is 11.6. The molecule has 24 heavy (non-hydrogen) atoms. The molecule has 2 rings (SSSR count). The third-order valence-electron chi connectivity index (χ3n) is 3.45. The molecule has 2 amide bonds. The number of carbonyl (C=O) groups excluding carboxylic acids is 2. The van der Waals surface area contributed by atoms with Crippen LogP contribution < -0.4 is 16.0 Å². The second-order valence-corrected chi connectivity index (χ2v) is 5.54. The van der Waals surface area contributed by atoms with Gasteiger partial charge in [-0.05, 0) is 42.8 Å². The smallest absolute Gasteiger partial charge is 0.225 e. The van der Waals surface area contributed by atoms with Crippen LogP contribution in [0, 0.1) is 0 Å². The number of benzene rings is 2. The van der Waals surface area contributed by atoms with Gasteiger partial charge in [0.25, 0.3) is 0 Å². The van der Waals surface area contributed by atoms with E-state index in [4.69, 9.17) is 0 Å². The predicted octanol–water partition coefficient (Wildman–Crippen LogP) is 2.81. The van der Waals surface area contributed by atoms with Crippen molar-refractivity contribution >= 4 is 23.2 Å². The van der Waals surface area contributed by atoms with Crippen LogP contribution in [0.4, 0.5) is 11.4 Å². The Morgan fingerprint density at radius 3 is 2.08 bits per heavy atom. The van der Waals surface area contributed by atoms with Gasteiger partial charge >= 0.3 is 0 Å². The fourth-order valence-electron chi connectivity index (χ4n) is 2.27. The summed E-state index contributed by atoms with van der Waals surface area (Å²) >= 11 is 0. The minimum Gasteiger partial charge on any atom is -0.326 e. The average Bonchev–Trinajstić information content (AvgIpc) is 2.57. The number of carbonyl (C=O) groups is 2. The predicted molar refractivity (Wildman–Crippen MR) is 97.0 cm³/mol. The molecule has 0 aliphatic heterocycles. The second kappa shape index (κ2) is 9.47. The molecule has 0 aliphatic rings. The number of nitrogens with one attached hydrogen (secondary N) is 3. The van der Waals surface area contributed by atoms with E-state index in [1.807, 2.05) is 18.2 Å². The van der Waals surface area contributed by atoms with Crippen LogP contribution in [0.25, 0.3) is 0 Å². The van der Waals surface area contributed by atoms with Crippen molar-refractivity contribution < 1.29 is 9.59 Å². The van der Waals surface area contributed by atoms with Crippen LogP contribution in [-0.2, 0) is 16.0 Å². The Morgan fingerprint density at radius 2 is 1.46 bits per heavy atom.